The number of aryl methyl sites for hydroxylation is 1. The summed E-state index contributed by atoms with van der Waals surface area (Å²) in [5, 5.41) is 3.73. The molecule has 10 heteroatoms. The molecular weight excluding hydrogens is 387 g/mol. The van der Waals surface area contributed by atoms with Crippen molar-refractivity contribution in [2.75, 3.05) is 26.2 Å². The first-order valence-corrected chi connectivity index (χ1v) is 9.53. The van der Waals surface area contributed by atoms with Crippen LogP contribution in [0.2, 0.25) is 0 Å². The van der Waals surface area contributed by atoms with Gasteiger partial charge in [0.05, 0.1) is 5.56 Å². The van der Waals surface area contributed by atoms with E-state index in [2.05, 4.69) is 10.1 Å². The predicted octanol–water partition coefficient (Wildman–Crippen LogP) is 2.91. The van der Waals surface area contributed by atoms with Crippen LogP contribution in [0.25, 0.3) is 0 Å². The van der Waals surface area contributed by atoms with Crippen LogP contribution in [0.3, 0.4) is 0 Å². The Kier molecular flexibility index (Phi) is 5.20. The Morgan fingerprint density at radius 2 is 1.97 bits per heavy atom. The first kappa shape index (κ1) is 19.7. The van der Waals surface area contributed by atoms with Gasteiger partial charge in [0.25, 0.3) is 0 Å². The average molecular weight is 409 g/mol. The Morgan fingerprint density at radius 3 is 2.69 bits per heavy atom. The average Bonchev–Trinajstić information content (AvgIpc) is 3.37. The highest BCUT2D eigenvalue weighted by Crippen LogP contribution is 2.33. The largest absolute Gasteiger partial charge is 0.416 e. The van der Waals surface area contributed by atoms with Crippen LogP contribution in [-0.4, -0.2) is 63.1 Å². The van der Waals surface area contributed by atoms with Gasteiger partial charge in [-0.25, -0.2) is 4.79 Å². The Bertz CT molecular complexity index is 885. The number of urea groups is 1. The van der Waals surface area contributed by atoms with E-state index < -0.39 is 11.7 Å². The standard InChI is InChI=1S/C19H22F3N5O2/c1-13-23-17(29-24-13)12-26-8-9-27(18(26)28)15-6-7-25(11-15)10-14-4-2-3-5-16(14)19(20,21)22/h2-5,15H,6-12H2,1H3. The number of hydrogen-bond acceptors (Lipinski definition) is 5. The number of nitrogens with zero attached hydrogens (tertiary/aromatic N) is 5. The molecule has 7 nitrogen and oxygen atoms in total. The molecule has 2 fully saturated rings. The molecule has 0 radical (unpaired) electrons. The molecule has 2 aromatic rings. The fourth-order valence-electron chi connectivity index (χ4n) is 4.04. The summed E-state index contributed by atoms with van der Waals surface area (Å²) in [6.07, 6.45) is -3.62. The van der Waals surface area contributed by atoms with Crippen molar-refractivity contribution < 1.29 is 22.5 Å². The third-order valence-electron chi connectivity index (χ3n) is 5.43. The van der Waals surface area contributed by atoms with Crippen molar-refractivity contribution in [1.29, 1.82) is 0 Å². The van der Waals surface area contributed by atoms with Crippen molar-refractivity contribution >= 4 is 6.03 Å². The molecule has 1 aromatic heterocycles. The lowest BCUT2D eigenvalue weighted by molar-refractivity contribution is -0.138. The first-order valence-electron chi connectivity index (χ1n) is 9.53. The number of carbonyl (C=O) groups excluding carboxylic acids is 1. The van der Waals surface area contributed by atoms with Crippen LogP contribution in [0.4, 0.5) is 18.0 Å². The van der Waals surface area contributed by atoms with E-state index in [-0.39, 0.29) is 30.7 Å². The summed E-state index contributed by atoms with van der Waals surface area (Å²) in [6.45, 7) is 4.58. The minimum absolute atomic E-state index is 0.00466. The maximum atomic E-state index is 13.2. The number of likely N-dealkylation sites (tertiary alicyclic amines) is 1. The molecule has 4 rings (SSSR count). The van der Waals surface area contributed by atoms with Gasteiger partial charge in [-0.2, -0.15) is 18.2 Å². The van der Waals surface area contributed by atoms with E-state index in [1.807, 2.05) is 4.90 Å². The summed E-state index contributed by atoms with van der Waals surface area (Å²) in [5.41, 5.74) is -0.330. The lowest BCUT2D eigenvalue weighted by Crippen LogP contribution is -2.40. The summed E-state index contributed by atoms with van der Waals surface area (Å²) in [6, 6.07) is 5.56. The lowest BCUT2D eigenvalue weighted by Gasteiger charge is -2.25. The van der Waals surface area contributed by atoms with Crippen molar-refractivity contribution in [3.05, 3.63) is 47.1 Å². The van der Waals surface area contributed by atoms with Crippen LogP contribution in [-0.2, 0) is 19.3 Å². The summed E-state index contributed by atoms with van der Waals surface area (Å²) in [4.78, 5) is 22.3. The maximum Gasteiger partial charge on any atom is 0.416 e. The molecule has 0 bridgehead atoms. The SMILES string of the molecule is Cc1noc(CN2CCN(C3CCN(Cc4ccccc4C(F)(F)F)C3)C2=O)n1. The van der Waals surface area contributed by atoms with Crippen molar-refractivity contribution in [3.8, 4) is 0 Å². The second kappa shape index (κ2) is 7.66. The molecule has 29 heavy (non-hydrogen) atoms. The Morgan fingerprint density at radius 1 is 1.17 bits per heavy atom. The zero-order valence-corrected chi connectivity index (χ0v) is 16.0. The van der Waals surface area contributed by atoms with Crippen LogP contribution in [0.5, 0.6) is 0 Å². The van der Waals surface area contributed by atoms with Crippen LogP contribution in [0.1, 0.15) is 29.3 Å². The fourth-order valence-corrected chi connectivity index (χ4v) is 4.04. The number of carbonyl (C=O) groups is 1. The van der Waals surface area contributed by atoms with Gasteiger partial charge in [0, 0.05) is 38.8 Å². The quantitative estimate of drug-likeness (QED) is 0.760. The van der Waals surface area contributed by atoms with Gasteiger partial charge in [-0.3, -0.25) is 4.90 Å². The number of hydrogen-bond donors (Lipinski definition) is 0. The van der Waals surface area contributed by atoms with Crippen LogP contribution in [0.15, 0.2) is 28.8 Å². The fraction of sp³-hybridized carbons (Fsp3) is 0.526. The number of amides is 2. The topological polar surface area (TPSA) is 65.7 Å². The monoisotopic (exact) mass is 409 g/mol. The maximum absolute atomic E-state index is 13.2. The van der Waals surface area contributed by atoms with E-state index >= 15 is 0 Å². The second-order valence-electron chi connectivity index (χ2n) is 7.47. The van der Waals surface area contributed by atoms with Crippen LogP contribution in [0, 0.1) is 6.92 Å². The predicted molar refractivity (Wildman–Crippen MR) is 96.7 cm³/mol. The van der Waals surface area contributed by atoms with Crippen LogP contribution >= 0.6 is 0 Å². The minimum Gasteiger partial charge on any atom is -0.337 e. The molecule has 0 saturated carbocycles. The number of aromatic nitrogens is 2. The Labute approximate surface area is 166 Å². The summed E-state index contributed by atoms with van der Waals surface area (Å²) in [7, 11) is 0. The van der Waals surface area contributed by atoms with Gasteiger partial charge in [0.2, 0.25) is 5.89 Å². The van der Waals surface area contributed by atoms with Gasteiger partial charge in [-0.15, -0.1) is 0 Å². The zero-order valence-electron chi connectivity index (χ0n) is 16.0. The zero-order chi connectivity index (χ0) is 20.6. The summed E-state index contributed by atoms with van der Waals surface area (Å²) < 4.78 is 44.8. The Balaban J connectivity index is 1.36. The van der Waals surface area contributed by atoms with Crippen molar-refractivity contribution in [2.24, 2.45) is 0 Å². The van der Waals surface area contributed by atoms with Crippen molar-refractivity contribution in [3.63, 3.8) is 0 Å². The molecule has 0 aliphatic carbocycles. The van der Waals surface area contributed by atoms with E-state index in [0.717, 1.165) is 12.5 Å². The normalized spacial score (nSPS) is 20.8. The minimum atomic E-state index is -4.37. The molecule has 2 amide bonds. The lowest BCUT2D eigenvalue weighted by atomic mass is 10.1. The molecule has 0 N–H and O–H groups in total. The van der Waals surface area contributed by atoms with E-state index in [0.29, 0.717) is 37.9 Å². The van der Waals surface area contributed by atoms with E-state index in [1.165, 1.54) is 12.1 Å². The number of halogens is 3. The van der Waals surface area contributed by atoms with E-state index in [1.54, 1.807) is 22.8 Å². The molecule has 0 spiro atoms. The number of benzene rings is 1. The molecule has 1 aromatic carbocycles. The second-order valence-corrected chi connectivity index (χ2v) is 7.47. The van der Waals surface area contributed by atoms with Crippen LogP contribution < -0.4 is 0 Å². The molecule has 2 saturated heterocycles. The first-order chi connectivity index (χ1) is 13.8. The van der Waals surface area contributed by atoms with Gasteiger partial charge in [-0.05, 0) is 25.0 Å². The Hall–Kier alpha value is -2.62. The number of alkyl halides is 3. The molecule has 156 valence electrons. The van der Waals surface area contributed by atoms with Gasteiger partial charge in [-0.1, -0.05) is 23.4 Å². The summed E-state index contributed by atoms with van der Waals surface area (Å²) >= 11 is 0. The molecule has 2 aliphatic rings. The molecular formula is C19H22F3N5O2. The third kappa shape index (κ3) is 4.21. The van der Waals surface area contributed by atoms with Gasteiger partial charge < -0.3 is 14.3 Å². The van der Waals surface area contributed by atoms with Gasteiger partial charge in [0.15, 0.2) is 5.82 Å². The molecule has 1 unspecified atom stereocenters. The third-order valence-corrected chi connectivity index (χ3v) is 5.43. The van der Waals surface area contributed by atoms with Gasteiger partial charge in [0.1, 0.15) is 6.54 Å². The van der Waals surface area contributed by atoms with Gasteiger partial charge >= 0.3 is 12.2 Å². The molecule has 3 heterocycles. The highest BCUT2D eigenvalue weighted by Gasteiger charge is 2.38. The highest BCUT2D eigenvalue weighted by atomic mass is 19.4. The van der Waals surface area contributed by atoms with E-state index in [4.69, 9.17) is 4.52 Å². The highest BCUT2D eigenvalue weighted by molar-refractivity contribution is 5.76. The number of rotatable bonds is 5. The molecule has 2 aliphatic heterocycles. The van der Waals surface area contributed by atoms with Crippen molar-refractivity contribution in [1.82, 2.24) is 24.8 Å². The van der Waals surface area contributed by atoms with Crippen molar-refractivity contribution in [2.45, 2.75) is 38.7 Å². The smallest absolute Gasteiger partial charge is 0.337 e. The molecule has 1 atom stereocenters. The van der Waals surface area contributed by atoms with E-state index in [9.17, 15) is 18.0 Å². The summed E-state index contributed by atoms with van der Waals surface area (Å²) in [5.74, 6) is 0.920.